The molecule has 4 N–H and O–H groups in total. The quantitative estimate of drug-likeness (QED) is 0.700. The summed E-state index contributed by atoms with van der Waals surface area (Å²) in [7, 11) is 0. The van der Waals surface area contributed by atoms with Gasteiger partial charge in [-0.25, -0.2) is 0 Å². The highest BCUT2D eigenvalue weighted by Gasteiger charge is 2.17. The lowest BCUT2D eigenvalue weighted by Crippen LogP contribution is -2.26. The first-order valence-corrected chi connectivity index (χ1v) is 5.96. The van der Waals surface area contributed by atoms with Crippen LogP contribution in [0.3, 0.4) is 0 Å². The summed E-state index contributed by atoms with van der Waals surface area (Å²) in [6, 6.07) is 4.48. The molecule has 0 spiro atoms. The molecule has 18 heavy (non-hydrogen) atoms. The summed E-state index contributed by atoms with van der Waals surface area (Å²) in [5, 5.41) is 17.9. The van der Waals surface area contributed by atoms with Gasteiger partial charge in [0.1, 0.15) is 6.04 Å². The number of aliphatic hydroxyl groups is 1. The van der Waals surface area contributed by atoms with Crippen molar-refractivity contribution < 1.29 is 15.0 Å². The number of rotatable bonds is 6. The zero-order chi connectivity index (χ0) is 13.7. The number of anilines is 1. The van der Waals surface area contributed by atoms with Gasteiger partial charge in [0.05, 0.1) is 6.61 Å². The van der Waals surface area contributed by atoms with Crippen molar-refractivity contribution in [2.75, 3.05) is 24.6 Å². The minimum absolute atomic E-state index is 0.0866. The highest BCUT2D eigenvalue weighted by Crippen LogP contribution is 2.22. The normalized spacial score (nSPS) is 12.2. The van der Waals surface area contributed by atoms with Crippen molar-refractivity contribution in [2.45, 2.75) is 19.9 Å². The Hall–Kier alpha value is -1.59. The Bertz CT molecular complexity index is 421. The SMILES string of the molecule is CCN(CCO)c1ccc([C@H](N)C(=O)O)c(C)c1. The average molecular weight is 252 g/mol. The third-order valence-electron chi connectivity index (χ3n) is 2.97. The number of carbonyl (C=O) groups is 1. The second-order valence-corrected chi connectivity index (χ2v) is 4.16. The molecule has 0 aliphatic heterocycles. The van der Waals surface area contributed by atoms with Crippen LogP contribution in [0.2, 0.25) is 0 Å². The predicted molar refractivity (Wildman–Crippen MR) is 70.7 cm³/mol. The molecule has 0 amide bonds. The van der Waals surface area contributed by atoms with Gasteiger partial charge in [0.2, 0.25) is 0 Å². The van der Waals surface area contributed by atoms with Crippen LogP contribution in [-0.2, 0) is 4.79 Å². The van der Waals surface area contributed by atoms with Gasteiger partial charge in [-0.2, -0.15) is 0 Å². The summed E-state index contributed by atoms with van der Waals surface area (Å²) in [6.07, 6.45) is 0. The van der Waals surface area contributed by atoms with E-state index in [2.05, 4.69) is 0 Å². The number of benzene rings is 1. The minimum atomic E-state index is -1.03. The van der Waals surface area contributed by atoms with Crippen molar-refractivity contribution in [3.63, 3.8) is 0 Å². The molecule has 0 unspecified atom stereocenters. The largest absolute Gasteiger partial charge is 0.480 e. The van der Waals surface area contributed by atoms with E-state index < -0.39 is 12.0 Å². The third-order valence-corrected chi connectivity index (χ3v) is 2.97. The number of nitrogens with two attached hydrogens (primary N) is 1. The van der Waals surface area contributed by atoms with Crippen LogP contribution in [0.1, 0.15) is 24.1 Å². The number of carboxylic acids is 1. The molecular formula is C13H20N2O3. The zero-order valence-corrected chi connectivity index (χ0v) is 10.8. The first kappa shape index (κ1) is 14.5. The lowest BCUT2D eigenvalue weighted by atomic mass is 10.0. The molecule has 5 nitrogen and oxygen atoms in total. The molecule has 0 saturated carbocycles. The molecule has 0 saturated heterocycles. The number of aliphatic hydroxyl groups excluding tert-OH is 1. The van der Waals surface area contributed by atoms with Gasteiger partial charge in [-0.3, -0.25) is 4.79 Å². The molecule has 0 bridgehead atoms. The fourth-order valence-electron chi connectivity index (χ4n) is 1.93. The zero-order valence-electron chi connectivity index (χ0n) is 10.8. The first-order chi connectivity index (χ1) is 8.51. The van der Waals surface area contributed by atoms with E-state index in [1.54, 1.807) is 6.07 Å². The molecular weight excluding hydrogens is 232 g/mol. The Labute approximate surface area is 107 Å². The van der Waals surface area contributed by atoms with E-state index in [9.17, 15) is 4.79 Å². The molecule has 1 atom stereocenters. The van der Waals surface area contributed by atoms with E-state index in [1.807, 2.05) is 30.9 Å². The van der Waals surface area contributed by atoms with Crippen LogP contribution in [0.4, 0.5) is 5.69 Å². The third kappa shape index (κ3) is 3.21. The highest BCUT2D eigenvalue weighted by atomic mass is 16.4. The maximum atomic E-state index is 10.9. The second kappa shape index (κ2) is 6.37. The van der Waals surface area contributed by atoms with Crippen molar-refractivity contribution in [1.29, 1.82) is 0 Å². The standard InChI is InChI=1S/C13H20N2O3/c1-3-15(6-7-16)10-4-5-11(9(2)8-10)12(14)13(17)18/h4-5,8,12,16H,3,6-7,14H2,1-2H3,(H,17,18)/t12-/m0/s1. The monoisotopic (exact) mass is 252 g/mol. The summed E-state index contributed by atoms with van der Waals surface area (Å²) in [6.45, 7) is 5.27. The van der Waals surface area contributed by atoms with Crippen molar-refractivity contribution in [2.24, 2.45) is 5.73 Å². The molecule has 100 valence electrons. The summed E-state index contributed by atoms with van der Waals surface area (Å²) in [5.74, 6) is -1.03. The second-order valence-electron chi connectivity index (χ2n) is 4.16. The van der Waals surface area contributed by atoms with Crippen LogP contribution >= 0.6 is 0 Å². The fraction of sp³-hybridized carbons (Fsp3) is 0.462. The van der Waals surface area contributed by atoms with Crippen LogP contribution < -0.4 is 10.6 Å². The van der Waals surface area contributed by atoms with Crippen molar-refractivity contribution >= 4 is 11.7 Å². The number of hydrogen-bond donors (Lipinski definition) is 3. The summed E-state index contributed by atoms with van der Waals surface area (Å²) in [5.41, 5.74) is 8.03. The van der Waals surface area contributed by atoms with Gasteiger partial charge in [0, 0.05) is 18.8 Å². The molecule has 0 aliphatic rings. The molecule has 1 rings (SSSR count). The lowest BCUT2D eigenvalue weighted by Gasteiger charge is -2.23. The highest BCUT2D eigenvalue weighted by molar-refractivity contribution is 5.76. The summed E-state index contributed by atoms with van der Waals surface area (Å²) < 4.78 is 0. The molecule has 1 aromatic rings. The molecule has 0 radical (unpaired) electrons. The Morgan fingerprint density at radius 1 is 1.50 bits per heavy atom. The van der Waals surface area contributed by atoms with E-state index in [1.165, 1.54) is 0 Å². The molecule has 0 heterocycles. The molecule has 1 aromatic carbocycles. The van der Waals surface area contributed by atoms with Crippen LogP contribution in [-0.4, -0.2) is 35.9 Å². The first-order valence-electron chi connectivity index (χ1n) is 5.96. The van der Waals surface area contributed by atoms with Gasteiger partial charge in [-0.15, -0.1) is 0 Å². The molecule has 0 fully saturated rings. The van der Waals surface area contributed by atoms with Crippen molar-refractivity contribution in [1.82, 2.24) is 0 Å². The topological polar surface area (TPSA) is 86.8 Å². The number of likely N-dealkylation sites (N-methyl/N-ethyl adjacent to an activating group) is 1. The summed E-state index contributed by atoms with van der Waals surface area (Å²) in [4.78, 5) is 12.9. The van der Waals surface area contributed by atoms with E-state index >= 15 is 0 Å². The van der Waals surface area contributed by atoms with Gasteiger partial charge in [0.15, 0.2) is 0 Å². The predicted octanol–water partition coefficient (Wildman–Crippen LogP) is 0.898. The Morgan fingerprint density at radius 2 is 2.17 bits per heavy atom. The van der Waals surface area contributed by atoms with Crippen LogP contribution in [0.15, 0.2) is 18.2 Å². The van der Waals surface area contributed by atoms with Gasteiger partial charge in [0.25, 0.3) is 0 Å². The van der Waals surface area contributed by atoms with E-state index in [0.29, 0.717) is 12.1 Å². The average Bonchev–Trinajstić information content (AvgIpc) is 2.34. The number of hydrogen-bond acceptors (Lipinski definition) is 4. The van der Waals surface area contributed by atoms with Crippen molar-refractivity contribution in [3.05, 3.63) is 29.3 Å². The lowest BCUT2D eigenvalue weighted by molar-refractivity contribution is -0.138. The Morgan fingerprint density at radius 3 is 2.61 bits per heavy atom. The van der Waals surface area contributed by atoms with Crippen LogP contribution in [0, 0.1) is 6.92 Å². The smallest absolute Gasteiger partial charge is 0.325 e. The summed E-state index contributed by atoms with van der Waals surface area (Å²) >= 11 is 0. The number of nitrogens with zero attached hydrogens (tertiary/aromatic N) is 1. The fourth-order valence-corrected chi connectivity index (χ4v) is 1.93. The molecule has 5 heteroatoms. The number of aliphatic carboxylic acids is 1. The number of carboxylic acid groups (broad SMARTS) is 1. The van der Waals surface area contributed by atoms with Gasteiger partial charge in [-0.05, 0) is 37.1 Å². The van der Waals surface area contributed by atoms with Crippen LogP contribution in [0.5, 0.6) is 0 Å². The van der Waals surface area contributed by atoms with E-state index in [-0.39, 0.29) is 6.61 Å². The van der Waals surface area contributed by atoms with Gasteiger partial charge >= 0.3 is 5.97 Å². The maximum Gasteiger partial charge on any atom is 0.325 e. The molecule has 0 aliphatic carbocycles. The minimum Gasteiger partial charge on any atom is -0.480 e. The van der Waals surface area contributed by atoms with Gasteiger partial charge in [-0.1, -0.05) is 6.07 Å². The molecule has 0 aromatic heterocycles. The number of aryl methyl sites for hydroxylation is 1. The Balaban J connectivity index is 3.01. The van der Waals surface area contributed by atoms with Crippen LogP contribution in [0.25, 0.3) is 0 Å². The maximum absolute atomic E-state index is 10.9. The van der Waals surface area contributed by atoms with E-state index in [4.69, 9.17) is 15.9 Å². The van der Waals surface area contributed by atoms with Crippen molar-refractivity contribution in [3.8, 4) is 0 Å². The Kier molecular flexibility index (Phi) is 5.12. The van der Waals surface area contributed by atoms with E-state index in [0.717, 1.165) is 17.8 Å². The van der Waals surface area contributed by atoms with Gasteiger partial charge < -0.3 is 20.8 Å².